The quantitative estimate of drug-likeness (QED) is 0.457. The maximum Gasteiger partial charge on any atom is 0.416 e. The summed E-state index contributed by atoms with van der Waals surface area (Å²) in [4.78, 5) is 14.2. The summed E-state index contributed by atoms with van der Waals surface area (Å²) >= 11 is 1.52. The monoisotopic (exact) mass is 419 g/mol. The van der Waals surface area contributed by atoms with Gasteiger partial charge in [0, 0.05) is 16.2 Å². The molecule has 0 spiro atoms. The normalized spacial score (nSPS) is 11.3. The number of hydrogen-bond acceptors (Lipinski definition) is 5. The number of carbonyl (C=O) groups is 1. The summed E-state index contributed by atoms with van der Waals surface area (Å²) in [6.07, 6.45) is -2.71. The van der Waals surface area contributed by atoms with Crippen molar-refractivity contribution in [1.29, 1.82) is 0 Å². The second kappa shape index (κ2) is 8.91. The lowest BCUT2D eigenvalue weighted by atomic mass is 10.1. The lowest BCUT2D eigenvalue weighted by Gasteiger charge is -2.09. The van der Waals surface area contributed by atoms with Crippen LogP contribution in [0.1, 0.15) is 5.56 Å². The fourth-order valence-electron chi connectivity index (χ4n) is 2.42. The lowest BCUT2D eigenvalue weighted by molar-refractivity contribution is -0.137. The van der Waals surface area contributed by atoms with Crippen molar-refractivity contribution in [3.8, 4) is 11.4 Å². The minimum atomic E-state index is -4.47. The van der Waals surface area contributed by atoms with E-state index in [4.69, 9.17) is 0 Å². The van der Waals surface area contributed by atoms with E-state index in [1.54, 1.807) is 18.2 Å². The number of nitrogens with zero attached hydrogens (tertiary/aromatic N) is 4. The number of tetrazole rings is 1. The van der Waals surface area contributed by atoms with E-state index in [9.17, 15) is 18.0 Å². The second-order valence-electron chi connectivity index (χ2n) is 5.87. The lowest BCUT2D eigenvalue weighted by Crippen LogP contribution is -2.20. The van der Waals surface area contributed by atoms with Gasteiger partial charge < -0.3 is 5.32 Å². The van der Waals surface area contributed by atoms with Crippen LogP contribution in [-0.4, -0.2) is 31.9 Å². The average Bonchev–Trinajstić information content (AvgIpc) is 3.15. The van der Waals surface area contributed by atoms with Gasteiger partial charge in [0.2, 0.25) is 11.7 Å². The van der Waals surface area contributed by atoms with Gasteiger partial charge in [0.25, 0.3) is 0 Å². The largest absolute Gasteiger partial charge is 0.416 e. The van der Waals surface area contributed by atoms with Crippen LogP contribution in [0.3, 0.4) is 0 Å². The zero-order valence-electron chi connectivity index (χ0n) is 15.1. The third-order valence-electron chi connectivity index (χ3n) is 3.70. The molecular weight excluding hydrogens is 403 g/mol. The van der Waals surface area contributed by atoms with Gasteiger partial charge >= 0.3 is 6.18 Å². The molecular formula is C19H16F3N5OS. The molecule has 0 saturated carbocycles. The standard InChI is InChI=1S/C19H16F3N5OS/c1-2-10-29-16-9-4-3-8-15(16)23-17(28)12-27-25-18(24-26-27)13-6-5-7-14(11-13)19(20,21)22/h2-9,11H,1,10,12H2,(H,23,28). The summed E-state index contributed by atoms with van der Waals surface area (Å²) in [6, 6.07) is 11.9. The summed E-state index contributed by atoms with van der Waals surface area (Å²) in [5.74, 6) is 0.313. The van der Waals surface area contributed by atoms with Crippen molar-refractivity contribution in [2.24, 2.45) is 0 Å². The number of amides is 1. The van der Waals surface area contributed by atoms with Crippen molar-refractivity contribution in [3.63, 3.8) is 0 Å². The van der Waals surface area contributed by atoms with Crippen LogP contribution >= 0.6 is 11.8 Å². The number of carbonyl (C=O) groups excluding carboxylic acids is 1. The Hall–Kier alpha value is -3.14. The van der Waals surface area contributed by atoms with Crippen molar-refractivity contribution in [2.45, 2.75) is 17.6 Å². The van der Waals surface area contributed by atoms with Gasteiger partial charge in [-0.3, -0.25) is 4.79 Å². The molecule has 0 aliphatic heterocycles. The van der Waals surface area contributed by atoms with Crippen LogP contribution in [0, 0.1) is 0 Å². The molecule has 0 radical (unpaired) electrons. The minimum absolute atomic E-state index is 0.00541. The minimum Gasteiger partial charge on any atom is -0.323 e. The number of aromatic nitrogens is 4. The first-order chi connectivity index (χ1) is 13.9. The molecule has 0 aliphatic rings. The third kappa shape index (κ3) is 5.44. The smallest absolute Gasteiger partial charge is 0.323 e. The number of hydrogen-bond donors (Lipinski definition) is 1. The molecule has 0 bridgehead atoms. The highest BCUT2D eigenvalue weighted by molar-refractivity contribution is 7.99. The van der Waals surface area contributed by atoms with Crippen LogP contribution < -0.4 is 5.32 Å². The zero-order chi connectivity index (χ0) is 20.9. The highest BCUT2D eigenvalue weighted by atomic mass is 32.2. The molecule has 3 rings (SSSR count). The Balaban J connectivity index is 1.69. The summed E-state index contributed by atoms with van der Waals surface area (Å²) in [5, 5.41) is 14.3. The van der Waals surface area contributed by atoms with Gasteiger partial charge in [-0.1, -0.05) is 30.3 Å². The molecule has 0 aliphatic carbocycles. The number of anilines is 1. The first-order valence-corrected chi connectivity index (χ1v) is 9.43. The van der Waals surface area contributed by atoms with E-state index in [1.807, 2.05) is 12.1 Å². The van der Waals surface area contributed by atoms with Crippen molar-refractivity contribution in [3.05, 3.63) is 66.7 Å². The van der Waals surface area contributed by atoms with E-state index < -0.39 is 11.7 Å². The Bertz CT molecular complexity index is 1020. The molecule has 1 amide bonds. The second-order valence-corrected chi connectivity index (χ2v) is 6.93. The van der Waals surface area contributed by atoms with Gasteiger partial charge in [0.15, 0.2) is 0 Å². The number of nitrogens with one attached hydrogen (secondary N) is 1. The van der Waals surface area contributed by atoms with E-state index in [0.29, 0.717) is 11.4 Å². The van der Waals surface area contributed by atoms with E-state index >= 15 is 0 Å². The molecule has 2 aromatic carbocycles. The number of thioether (sulfide) groups is 1. The molecule has 1 heterocycles. The summed E-state index contributed by atoms with van der Waals surface area (Å²) in [6.45, 7) is 3.44. The molecule has 1 aromatic heterocycles. The number of alkyl halides is 3. The van der Waals surface area contributed by atoms with Crippen molar-refractivity contribution >= 4 is 23.4 Å². The van der Waals surface area contributed by atoms with Gasteiger partial charge in [-0.2, -0.15) is 18.0 Å². The summed E-state index contributed by atoms with van der Waals surface area (Å²) in [7, 11) is 0. The Morgan fingerprint density at radius 2 is 2.00 bits per heavy atom. The molecule has 0 fully saturated rings. The molecule has 10 heteroatoms. The van der Waals surface area contributed by atoms with Crippen LogP contribution in [-0.2, 0) is 17.5 Å². The van der Waals surface area contributed by atoms with Gasteiger partial charge in [0.1, 0.15) is 6.54 Å². The highest BCUT2D eigenvalue weighted by Crippen LogP contribution is 2.31. The predicted molar refractivity (Wildman–Crippen MR) is 104 cm³/mol. The van der Waals surface area contributed by atoms with Crippen LogP contribution in [0.25, 0.3) is 11.4 Å². The first-order valence-electron chi connectivity index (χ1n) is 8.45. The van der Waals surface area contributed by atoms with E-state index in [0.717, 1.165) is 21.8 Å². The highest BCUT2D eigenvalue weighted by Gasteiger charge is 2.30. The molecule has 3 aromatic rings. The molecule has 0 unspecified atom stereocenters. The number of para-hydroxylation sites is 1. The number of rotatable bonds is 7. The Labute approximate surface area is 168 Å². The van der Waals surface area contributed by atoms with Gasteiger partial charge in [-0.15, -0.1) is 28.5 Å². The maximum absolute atomic E-state index is 12.9. The van der Waals surface area contributed by atoms with Crippen LogP contribution in [0.5, 0.6) is 0 Å². The number of benzene rings is 2. The fourth-order valence-corrected chi connectivity index (χ4v) is 3.17. The fraction of sp³-hybridized carbons (Fsp3) is 0.158. The predicted octanol–water partition coefficient (Wildman–Crippen LogP) is 4.28. The van der Waals surface area contributed by atoms with E-state index in [2.05, 4.69) is 27.3 Å². The molecule has 1 N–H and O–H groups in total. The zero-order valence-corrected chi connectivity index (χ0v) is 15.9. The van der Waals surface area contributed by atoms with Crippen molar-refractivity contribution < 1.29 is 18.0 Å². The summed E-state index contributed by atoms with van der Waals surface area (Å²) < 4.78 is 38.6. The first kappa shape index (κ1) is 20.6. The maximum atomic E-state index is 12.9. The SMILES string of the molecule is C=CCSc1ccccc1NC(=O)Cn1nnc(-c2cccc(C(F)(F)F)c2)n1. The van der Waals surface area contributed by atoms with Gasteiger partial charge in [-0.25, -0.2) is 0 Å². The van der Waals surface area contributed by atoms with Crippen LogP contribution in [0.2, 0.25) is 0 Å². The van der Waals surface area contributed by atoms with Crippen molar-refractivity contribution in [2.75, 3.05) is 11.1 Å². The van der Waals surface area contributed by atoms with E-state index in [1.165, 1.54) is 23.9 Å². The molecule has 0 atom stereocenters. The van der Waals surface area contributed by atoms with E-state index in [-0.39, 0.29) is 23.8 Å². The molecule has 29 heavy (non-hydrogen) atoms. The Morgan fingerprint density at radius 3 is 2.76 bits per heavy atom. The Morgan fingerprint density at radius 1 is 1.21 bits per heavy atom. The molecule has 0 saturated heterocycles. The van der Waals surface area contributed by atoms with Gasteiger partial charge in [-0.05, 0) is 29.5 Å². The number of halogens is 3. The topological polar surface area (TPSA) is 72.7 Å². The summed E-state index contributed by atoms with van der Waals surface area (Å²) in [5.41, 5.74) is -0.00190. The van der Waals surface area contributed by atoms with Crippen LogP contribution in [0.15, 0.2) is 66.1 Å². The van der Waals surface area contributed by atoms with Gasteiger partial charge in [0.05, 0.1) is 11.3 Å². The third-order valence-corrected chi connectivity index (χ3v) is 4.77. The van der Waals surface area contributed by atoms with Crippen LogP contribution in [0.4, 0.5) is 18.9 Å². The Kier molecular flexibility index (Phi) is 6.32. The average molecular weight is 419 g/mol. The van der Waals surface area contributed by atoms with Crippen molar-refractivity contribution in [1.82, 2.24) is 20.2 Å². The molecule has 6 nitrogen and oxygen atoms in total. The molecule has 150 valence electrons.